The fourth-order valence-electron chi connectivity index (χ4n) is 1.82. The average molecular weight is 284 g/mol. The zero-order valence-corrected chi connectivity index (χ0v) is 12.7. The number of carbonyl (C=O) groups is 1. The third-order valence-electron chi connectivity index (χ3n) is 2.90. The molecule has 0 saturated carbocycles. The maximum absolute atomic E-state index is 12.4. The first kappa shape index (κ1) is 15.9. The van der Waals surface area contributed by atoms with E-state index in [1.54, 1.807) is 6.07 Å². The summed E-state index contributed by atoms with van der Waals surface area (Å²) in [6, 6.07) is 1.69. The van der Waals surface area contributed by atoms with E-state index in [4.69, 9.17) is 11.6 Å². The first-order chi connectivity index (χ1) is 9.08. The van der Waals surface area contributed by atoms with Crippen molar-refractivity contribution < 1.29 is 4.79 Å². The predicted octanol–water partition coefficient (Wildman–Crippen LogP) is 3.48. The van der Waals surface area contributed by atoms with Crippen LogP contribution in [-0.4, -0.2) is 33.9 Å². The summed E-state index contributed by atoms with van der Waals surface area (Å²) in [5.41, 5.74) is 1.11. The van der Waals surface area contributed by atoms with Crippen LogP contribution in [0.4, 0.5) is 0 Å². The molecular formula is C14H22ClN3O. The van der Waals surface area contributed by atoms with Crippen LogP contribution in [-0.2, 0) is 0 Å². The van der Waals surface area contributed by atoms with Gasteiger partial charge in [-0.25, -0.2) is 9.97 Å². The molecule has 0 aliphatic carbocycles. The van der Waals surface area contributed by atoms with Gasteiger partial charge in [0.15, 0.2) is 0 Å². The van der Waals surface area contributed by atoms with E-state index >= 15 is 0 Å². The summed E-state index contributed by atoms with van der Waals surface area (Å²) in [4.78, 5) is 22.3. The minimum Gasteiger partial charge on any atom is -0.337 e. The number of hydrogen-bond donors (Lipinski definition) is 0. The highest BCUT2D eigenvalue weighted by molar-refractivity contribution is 6.28. The first-order valence-corrected chi connectivity index (χ1v) is 7.26. The molecule has 5 heteroatoms. The molecule has 0 N–H and O–H groups in total. The molecule has 1 amide bonds. The van der Waals surface area contributed by atoms with Crippen molar-refractivity contribution in [2.45, 2.75) is 46.5 Å². The third-order valence-corrected chi connectivity index (χ3v) is 3.07. The van der Waals surface area contributed by atoms with Crippen LogP contribution in [0.15, 0.2) is 6.07 Å². The minimum atomic E-state index is -0.0469. The number of aryl methyl sites for hydroxylation is 1. The molecule has 0 unspecified atom stereocenters. The summed E-state index contributed by atoms with van der Waals surface area (Å²) < 4.78 is 0. The Balaban J connectivity index is 2.84. The fraction of sp³-hybridized carbons (Fsp3) is 0.643. The number of nitrogens with zero attached hydrogens (tertiary/aromatic N) is 3. The Morgan fingerprint density at radius 2 is 1.79 bits per heavy atom. The summed E-state index contributed by atoms with van der Waals surface area (Å²) >= 11 is 5.81. The number of amides is 1. The van der Waals surface area contributed by atoms with Crippen molar-refractivity contribution in [3.63, 3.8) is 0 Å². The van der Waals surface area contributed by atoms with Crippen molar-refractivity contribution in [1.82, 2.24) is 14.9 Å². The Bertz CT molecular complexity index is 395. The Hall–Kier alpha value is -1.16. The van der Waals surface area contributed by atoms with E-state index in [-0.39, 0.29) is 11.2 Å². The zero-order chi connectivity index (χ0) is 14.3. The van der Waals surface area contributed by atoms with E-state index in [0.29, 0.717) is 11.4 Å². The maximum Gasteiger partial charge on any atom is 0.272 e. The van der Waals surface area contributed by atoms with Crippen molar-refractivity contribution in [2.75, 3.05) is 13.1 Å². The van der Waals surface area contributed by atoms with Gasteiger partial charge >= 0.3 is 0 Å². The second-order valence-corrected chi connectivity index (χ2v) is 5.00. The number of aromatic nitrogens is 2. The molecule has 106 valence electrons. The first-order valence-electron chi connectivity index (χ1n) is 6.89. The second-order valence-electron chi connectivity index (χ2n) is 4.66. The molecule has 0 aliphatic rings. The monoisotopic (exact) mass is 283 g/mol. The normalized spacial score (nSPS) is 10.5. The molecule has 1 aromatic rings. The smallest absolute Gasteiger partial charge is 0.272 e. The van der Waals surface area contributed by atoms with Crippen molar-refractivity contribution in [2.24, 2.45) is 0 Å². The molecule has 0 aliphatic heterocycles. The van der Waals surface area contributed by atoms with Crippen molar-refractivity contribution in [3.8, 4) is 0 Å². The summed E-state index contributed by atoms with van der Waals surface area (Å²) in [5.74, 6) is -0.0469. The highest BCUT2D eigenvalue weighted by Crippen LogP contribution is 2.10. The molecule has 19 heavy (non-hydrogen) atoms. The standard InChI is InChI=1S/C14H22ClN3O/c1-4-6-8-18(9-7-5-2)13(19)12-10-11(3)16-14(15)17-12/h10H,4-9H2,1-3H3. The molecule has 0 radical (unpaired) electrons. The Kier molecular flexibility index (Phi) is 6.78. The molecular weight excluding hydrogens is 262 g/mol. The van der Waals surface area contributed by atoms with Crippen molar-refractivity contribution >= 4 is 17.5 Å². The van der Waals surface area contributed by atoms with E-state index in [1.807, 2.05) is 11.8 Å². The van der Waals surface area contributed by atoms with Gasteiger partial charge in [-0.3, -0.25) is 4.79 Å². The van der Waals surface area contributed by atoms with Crippen LogP contribution < -0.4 is 0 Å². The number of unbranched alkanes of at least 4 members (excludes halogenated alkanes) is 2. The second kappa shape index (κ2) is 8.10. The van der Waals surface area contributed by atoms with Gasteiger partial charge in [0.25, 0.3) is 5.91 Å². The lowest BCUT2D eigenvalue weighted by Gasteiger charge is -2.22. The Labute approximate surface area is 120 Å². The number of carbonyl (C=O) groups excluding carboxylic acids is 1. The van der Waals surface area contributed by atoms with Crippen LogP contribution in [0.3, 0.4) is 0 Å². The van der Waals surface area contributed by atoms with Gasteiger partial charge in [-0.2, -0.15) is 0 Å². The van der Waals surface area contributed by atoms with Gasteiger partial charge in [0.2, 0.25) is 5.28 Å². The van der Waals surface area contributed by atoms with Gasteiger partial charge in [0, 0.05) is 18.8 Å². The van der Waals surface area contributed by atoms with Gasteiger partial charge in [-0.05, 0) is 37.4 Å². The van der Waals surface area contributed by atoms with Gasteiger partial charge in [-0.15, -0.1) is 0 Å². The molecule has 0 saturated heterocycles. The highest BCUT2D eigenvalue weighted by Gasteiger charge is 2.17. The SMILES string of the molecule is CCCCN(CCCC)C(=O)c1cc(C)nc(Cl)n1. The largest absolute Gasteiger partial charge is 0.337 e. The van der Waals surface area contributed by atoms with Crippen molar-refractivity contribution in [1.29, 1.82) is 0 Å². The molecule has 1 aromatic heterocycles. The number of rotatable bonds is 7. The van der Waals surface area contributed by atoms with Gasteiger partial charge in [0.1, 0.15) is 5.69 Å². The van der Waals surface area contributed by atoms with Crippen LogP contribution in [0.5, 0.6) is 0 Å². The molecule has 1 heterocycles. The topological polar surface area (TPSA) is 46.1 Å². The lowest BCUT2D eigenvalue weighted by Crippen LogP contribution is -2.33. The minimum absolute atomic E-state index is 0.0469. The molecule has 1 rings (SSSR count). The van der Waals surface area contributed by atoms with E-state index in [1.165, 1.54) is 0 Å². The lowest BCUT2D eigenvalue weighted by molar-refractivity contribution is 0.0745. The van der Waals surface area contributed by atoms with E-state index in [0.717, 1.165) is 38.8 Å². The van der Waals surface area contributed by atoms with Gasteiger partial charge in [0.05, 0.1) is 0 Å². The molecule has 0 fully saturated rings. The summed E-state index contributed by atoms with van der Waals surface area (Å²) in [5, 5.41) is 0.134. The number of hydrogen-bond acceptors (Lipinski definition) is 3. The van der Waals surface area contributed by atoms with E-state index in [2.05, 4.69) is 23.8 Å². The lowest BCUT2D eigenvalue weighted by atomic mass is 10.2. The maximum atomic E-state index is 12.4. The van der Waals surface area contributed by atoms with E-state index in [9.17, 15) is 4.79 Å². The molecule has 0 aromatic carbocycles. The van der Waals surface area contributed by atoms with Gasteiger partial charge < -0.3 is 4.90 Å². The summed E-state index contributed by atoms with van der Waals surface area (Å²) in [7, 11) is 0. The molecule has 0 atom stereocenters. The van der Waals surface area contributed by atoms with Crippen LogP contribution in [0.25, 0.3) is 0 Å². The quantitative estimate of drug-likeness (QED) is 0.720. The average Bonchev–Trinajstić information content (AvgIpc) is 2.37. The summed E-state index contributed by atoms with van der Waals surface area (Å²) in [6.45, 7) is 7.60. The predicted molar refractivity (Wildman–Crippen MR) is 77.5 cm³/mol. The van der Waals surface area contributed by atoms with Crippen LogP contribution >= 0.6 is 11.6 Å². The Morgan fingerprint density at radius 3 is 2.26 bits per heavy atom. The van der Waals surface area contributed by atoms with Crippen LogP contribution in [0.2, 0.25) is 5.28 Å². The fourth-order valence-corrected chi connectivity index (χ4v) is 2.04. The van der Waals surface area contributed by atoms with E-state index < -0.39 is 0 Å². The highest BCUT2D eigenvalue weighted by atomic mass is 35.5. The Morgan fingerprint density at radius 1 is 1.21 bits per heavy atom. The summed E-state index contributed by atoms with van der Waals surface area (Å²) in [6.07, 6.45) is 4.15. The van der Waals surface area contributed by atoms with Crippen LogP contribution in [0.1, 0.15) is 55.7 Å². The zero-order valence-electron chi connectivity index (χ0n) is 11.9. The van der Waals surface area contributed by atoms with Crippen molar-refractivity contribution in [3.05, 3.63) is 22.7 Å². The molecule has 4 nitrogen and oxygen atoms in total. The third kappa shape index (κ3) is 5.15. The molecule has 0 spiro atoms. The molecule has 0 bridgehead atoms. The number of halogens is 1. The van der Waals surface area contributed by atoms with Gasteiger partial charge in [-0.1, -0.05) is 26.7 Å². The van der Waals surface area contributed by atoms with Crippen LogP contribution in [0, 0.1) is 6.92 Å².